The molecular weight excluding hydrogens is 271 g/mol. The van der Waals surface area contributed by atoms with Gasteiger partial charge in [-0.3, -0.25) is 4.90 Å². The van der Waals surface area contributed by atoms with Gasteiger partial charge in [-0.05, 0) is 25.2 Å². The lowest BCUT2D eigenvalue weighted by Crippen LogP contribution is -2.45. The van der Waals surface area contributed by atoms with E-state index in [-0.39, 0.29) is 0 Å². The molecule has 0 radical (unpaired) electrons. The number of methoxy groups -OCH3 is 1. The number of hydrogen-bond acceptors (Lipinski definition) is 6. The van der Waals surface area contributed by atoms with E-state index in [4.69, 9.17) is 9.47 Å². The average Bonchev–Trinajstić information content (AvgIpc) is 2.49. The highest BCUT2D eigenvalue weighted by Gasteiger charge is 2.19. The summed E-state index contributed by atoms with van der Waals surface area (Å²) in [6.45, 7) is 5.58. The number of piperazine rings is 1. The van der Waals surface area contributed by atoms with Gasteiger partial charge in [0.25, 0.3) is 0 Å². The van der Waals surface area contributed by atoms with Gasteiger partial charge in [0.2, 0.25) is 0 Å². The molecule has 21 heavy (non-hydrogen) atoms. The van der Waals surface area contributed by atoms with Crippen molar-refractivity contribution in [2.24, 2.45) is 0 Å². The van der Waals surface area contributed by atoms with Crippen LogP contribution in [0.25, 0.3) is 0 Å². The van der Waals surface area contributed by atoms with Crippen molar-refractivity contribution >= 4 is 12.6 Å². The van der Waals surface area contributed by atoms with E-state index in [1.807, 2.05) is 0 Å². The Morgan fingerprint density at radius 3 is 2.52 bits per heavy atom. The fourth-order valence-electron chi connectivity index (χ4n) is 2.34. The summed E-state index contributed by atoms with van der Waals surface area (Å²) in [5, 5.41) is 18.8. The normalized spacial score (nSPS) is 16.8. The van der Waals surface area contributed by atoms with Crippen LogP contribution in [0.5, 0.6) is 11.5 Å². The summed E-state index contributed by atoms with van der Waals surface area (Å²) in [6.07, 6.45) is 0. The van der Waals surface area contributed by atoms with Crippen LogP contribution in [-0.4, -0.2) is 80.5 Å². The summed E-state index contributed by atoms with van der Waals surface area (Å²) < 4.78 is 10.8. The second kappa shape index (κ2) is 7.65. The van der Waals surface area contributed by atoms with Crippen LogP contribution in [0.2, 0.25) is 0 Å². The van der Waals surface area contributed by atoms with Gasteiger partial charge in [-0.1, -0.05) is 0 Å². The zero-order valence-electron chi connectivity index (χ0n) is 12.7. The minimum Gasteiger partial charge on any atom is -0.497 e. The quantitative estimate of drug-likeness (QED) is 0.656. The summed E-state index contributed by atoms with van der Waals surface area (Å²) in [5.74, 6) is 1.06. The highest BCUT2D eigenvalue weighted by Crippen LogP contribution is 2.15. The first kappa shape index (κ1) is 16.1. The monoisotopic (exact) mass is 294 g/mol. The first-order valence-corrected chi connectivity index (χ1v) is 7.18. The second-order valence-corrected chi connectivity index (χ2v) is 5.27. The zero-order valence-corrected chi connectivity index (χ0v) is 12.7. The summed E-state index contributed by atoms with van der Waals surface area (Å²) in [5.41, 5.74) is 0.327. The van der Waals surface area contributed by atoms with Gasteiger partial charge in [0, 0.05) is 38.2 Å². The number of ether oxygens (including phenoxy) is 2. The van der Waals surface area contributed by atoms with Crippen LogP contribution in [0.4, 0.5) is 0 Å². The van der Waals surface area contributed by atoms with E-state index in [1.165, 1.54) is 7.11 Å². The molecule has 0 saturated carbocycles. The van der Waals surface area contributed by atoms with Crippen molar-refractivity contribution in [2.75, 3.05) is 53.5 Å². The molecule has 0 aromatic heterocycles. The molecule has 1 aliphatic rings. The third kappa shape index (κ3) is 4.61. The van der Waals surface area contributed by atoms with Gasteiger partial charge in [-0.15, -0.1) is 0 Å². The maximum atomic E-state index is 9.41. The van der Waals surface area contributed by atoms with Crippen molar-refractivity contribution in [3.05, 3.63) is 18.2 Å². The molecule has 1 aromatic rings. The van der Waals surface area contributed by atoms with Crippen molar-refractivity contribution in [1.29, 1.82) is 0 Å². The minimum atomic E-state index is -1.57. The lowest BCUT2D eigenvalue weighted by Gasteiger charge is -2.32. The van der Waals surface area contributed by atoms with E-state index in [2.05, 4.69) is 16.8 Å². The van der Waals surface area contributed by atoms with E-state index in [0.717, 1.165) is 32.7 Å². The van der Waals surface area contributed by atoms with Crippen LogP contribution in [-0.2, 0) is 0 Å². The van der Waals surface area contributed by atoms with Gasteiger partial charge in [-0.2, -0.15) is 0 Å². The predicted molar refractivity (Wildman–Crippen MR) is 82.3 cm³/mol. The molecule has 0 aliphatic carbocycles. The molecule has 6 nitrogen and oxygen atoms in total. The molecule has 0 bridgehead atoms. The third-order valence-corrected chi connectivity index (χ3v) is 3.76. The molecule has 2 rings (SSSR count). The molecule has 1 fully saturated rings. The van der Waals surface area contributed by atoms with Crippen LogP contribution in [0, 0.1) is 0 Å². The van der Waals surface area contributed by atoms with Gasteiger partial charge in [0.05, 0.1) is 7.11 Å². The summed E-state index contributed by atoms with van der Waals surface area (Å²) in [6, 6.07) is 5.03. The van der Waals surface area contributed by atoms with Gasteiger partial charge in [0.15, 0.2) is 0 Å². The molecule has 2 N–H and O–H groups in total. The molecular formula is C14H23BN2O4. The SMILES string of the molecule is COc1ccc(OCCN2CCN(C)CC2)c(B(O)O)c1. The average molecular weight is 294 g/mol. The van der Waals surface area contributed by atoms with Crippen LogP contribution in [0.1, 0.15) is 0 Å². The predicted octanol–water partition coefficient (Wildman–Crippen LogP) is -0.999. The van der Waals surface area contributed by atoms with E-state index >= 15 is 0 Å². The topological polar surface area (TPSA) is 65.4 Å². The Balaban J connectivity index is 1.87. The van der Waals surface area contributed by atoms with E-state index < -0.39 is 7.12 Å². The molecule has 1 aliphatic heterocycles. The third-order valence-electron chi connectivity index (χ3n) is 3.76. The van der Waals surface area contributed by atoms with Crippen LogP contribution >= 0.6 is 0 Å². The standard InChI is InChI=1S/C14H23BN2O4/c1-16-5-7-17(8-6-16)9-10-21-14-4-3-12(20-2)11-13(14)15(18)19/h3-4,11,18-19H,5-10H2,1-2H3. The highest BCUT2D eigenvalue weighted by molar-refractivity contribution is 6.59. The van der Waals surface area contributed by atoms with Crippen LogP contribution in [0.15, 0.2) is 18.2 Å². The first-order chi connectivity index (χ1) is 10.1. The molecule has 1 aromatic carbocycles. The molecule has 7 heteroatoms. The zero-order chi connectivity index (χ0) is 15.2. The van der Waals surface area contributed by atoms with E-state index in [9.17, 15) is 10.0 Å². The van der Waals surface area contributed by atoms with Crippen LogP contribution in [0.3, 0.4) is 0 Å². The maximum absolute atomic E-state index is 9.41. The van der Waals surface area contributed by atoms with Crippen molar-refractivity contribution in [3.63, 3.8) is 0 Å². The summed E-state index contributed by atoms with van der Waals surface area (Å²) >= 11 is 0. The fraction of sp³-hybridized carbons (Fsp3) is 0.571. The Bertz CT molecular complexity index is 451. The van der Waals surface area contributed by atoms with Crippen molar-refractivity contribution in [2.45, 2.75) is 0 Å². The summed E-state index contributed by atoms with van der Waals surface area (Å²) in [7, 11) is 2.09. The number of nitrogens with zero attached hydrogens (tertiary/aromatic N) is 2. The molecule has 0 unspecified atom stereocenters. The lowest BCUT2D eigenvalue weighted by atomic mass is 9.79. The van der Waals surface area contributed by atoms with Gasteiger partial charge in [-0.25, -0.2) is 0 Å². The van der Waals surface area contributed by atoms with Gasteiger partial charge >= 0.3 is 7.12 Å². The lowest BCUT2D eigenvalue weighted by molar-refractivity contribution is 0.134. The fourth-order valence-corrected chi connectivity index (χ4v) is 2.34. The van der Waals surface area contributed by atoms with Crippen molar-refractivity contribution in [3.8, 4) is 11.5 Å². The Morgan fingerprint density at radius 1 is 1.19 bits per heavy atom. The van der Waals surface area contributed by atoms with Gasteiger partial charge < -0.3 is 24.4 Å². The summed E-state index contributed by atoms with van der Waals surface area (Å²) in [4.78, 5) is 4.65. The molecule has 0 atom stereocenters. The molecule has 116 valence electrons. The van der Waals surface area contributed by atoms with Gasteiger partial charge in [0.1, 0.15) is 18.1 Å². The smallest absolute Gasteiger partial charge is 0.492 e. The Hall–Kier alpha value is -1.28. The Kier molecular flexibility index (Phi) is 5.87. The van der Waals surface area contributed by atoms with E-state index in [1.54, 1.807) is 18.2 Å². The van der Waals surface area contributed by atoms with Crippen LogP contribution < -0.4 is 14.9 Å². The Morgan fingerprint density at radius 2 is 1.90 bits per heavy atom. The second-order valence-electron chi connectivity index (χ2n) is 5.27. The molecule has 1 heterocycles. The number of benzene rings is 1. The number of likely N-dealkylation sites (N-methyl/N-ethyl adjacent to an activating group) is 1. The van der Waals surface area contributed by atoms with E-state index in [0.29, 0.717) is 23.6 Å². The molecule has 1 saturated heterocycles. The Labute approximate surface area is 126 Å². The molecule has 0 spiro atoms. The van der Waals surface area contributed by atoms with Crippen molar-refractivity contribution in [1.82, 2.24) is 9.80 Å². The number of hydrogen-bond donors (Lipinski definition) is 2. The largest absolute Gasteiger partial charge is 0.497 e. The number of rotatable bonds is 6. The maximum Gasteiger partial charge on any atom is 0.492 e. The molecule has 0 amide bonds. The minimum absolute atomic E-state index is 0.327. The van der Waals surface area contributed by atoms with Crippen molar-refractivity contribution < 1.29 is 19.5 Å². The first-order valence-electron chi connectivity index (χ1n) is 7.18. The highest BCUT2D eigenvalue weighted by atomic mass is 16.5.